The second-order valence-corrected chi connectivity index (χ2v) is 7.27. The van der Waals surface area contributed by atoms with E-state index < -0.39 is 0 Å². The summed E-state index contributed by atoms with van der Waals surface area (Å²) in [6, 6.07) is 15.5. The van der Waals surface area contributed by atoms with E-state index in [2.05, 4.69) is 36.9 Å². The summed E-state index contributed by atoms with van der Waals surface area (Å²) in [6.45, 7) is 3.08. The van der Waals surface area contributed by atoms with E-state index in [0.29, 0.717) is 6.54 Å². The number of fused-ring (bicyclic) bond motifs is 1. The number of rotatable bonds is 2. The van der Waals surface area contributed by atoms with Gasteiger partial charge in [0.2, 0.25) is 0 Å². The SMILES string of the molecule is O=C(c1ccccc1)N1CCCN(c2ncnc3ccc(Br)cc23)CC1. The Hall–Kier alpha value is -2.47. The fraction of sp³-hybridized carbons (Fsp3) is 0.250. The van der Waals surface area contributed by atoms with Gasteiger partial charge in [-0.2, -0.15) is 0 Å². The quantitative estimate of drug-likeness (QED) is 0.645. The number of anilines is 1. The first-order valence-corrected chi connectivity index (χ1v) is 9.51. The number of hydrogen-bond donors (Lipinski definition) is 0. The molecule has 0 radical (unpaired) electrons. The molecule has 0 atom stereocenters. The smallest absolute Gasteiger partial charge is 0.253 e. The molecule has 1 amide bonds. The Bertz CT molecular complexity index is 932. The number of benzene rings is 2. The Labute approximate surface area is 160 Å². The normalized spacial score (nSPS) is 15.1. The van der Waals surface area contributed by atoms with Crippen LogP contribution in [0.5, 0.6) is 0 Å². The molecule has 1 fully saturated rings. The highest BCUT2D eigenvalue weighted by atomic mass is 79.9. The standard InChI is InChI=1S/C20H19BrN4O/c21-16-7-8-18-17(13-16)19(23-14-22-18)24-9-4-10-25(12-11-24)20(26)15-5-2-1-3-6-15/h1-3,5-8,13-14H,4,9-12H2. The fourth-order valence-corrected chi connectivity index (χ4v) is 3.72. The van der Waals surface area contributed by atoms with Crippen LogP contribution in [0.1, 0.15) is 16.8 Å². The number of carbonyl (C=O) groups excluding carboxylic acids is 1. The molecule has 1 aliphatic rings. The van der Waals surface area contributed by atoms with Gasteiger partial charge in [-0.15, -0.1) is 0 Å². The molecular formula is C20H19BrN4O. The van der Waals surface area contributed by atoms with Crippen LogP contribution in [0, 0.1) is 0 Å². The minimum atomic E-state index is 0.0998. The zero-order valence-corrected chi connectivity index (χ0v) is 15.9. The van der Waals surface area contributed by atoms with Crippen molar-refractivity contribution in [2.75, 3.05) is 31.1 Å². The molecule has 1 aromatic heterocycles. The number of nitrogens with zero attached hydrogens (tertiary/aromatic N) is 4. The van der Waals surface area contributed by atoms with Gasteiger partial charge in [0.25, 0.3) is 5.91 Å². The minimum absolute atomic E-state index is 0.0998. The first-order chi connectivity index (χ1) is 12.7. The Morgan fingerprint density at radius 1 is 0.962 bits per heavy atom. The molecule has 0 N–H and O–H groups in total. The Balaban J connectivity index is 1.56. The van der Waals surface area contributed by atoms with E-state index in [1.165, 1.54) is 0 Å². The molecule has 6 heteroatoms. The van der Waals surface area contributed by atoms with Gasteiger partial charge in [-0.3, -0.25) is 4.79 Å². The first-order valence-electron chi connectivity index (χ1n) is 8.72. The van der Waals surface area contributed by atoms with Crippen molar-refractivity contribution in [3.63, 3.8) is 0 Å². The topological polar surface area (TPSA) is 49.3 Å². The van der Waals surface area contributed by atoms with E-state index >= 15 is 0 Å². The second-order valence-electron chi connectivity index (χ2n) is 6.36. The van der Waals surface area contributed by atoms with Gasteiger partial charge < -0.3 is 9.80 Å². The van der Waals surface area contributed by atoms with Crippen LogP contribution in [0.3, 0.4) is 0 Å². The average Bonchev–Trinajstić information content (AvgIpc) is 2.94. The molecule has 0 unspecified atom stereocenters. The monoisotopic (exact) mass is 410 g/mol. The zero-order valence-electron chi connectivity index (χ0n) is 14.3. The zero-order chi connectivity index (χ0) is 17.9. The van der Waals surface area contributed by atoms with Crippen molar-refractivity contribution >= 4 is 38.6 Å². The maximum absolute atomic E-state index is 12.7. The summed E-state index contributed by atoms with van der Waals surface area (Å²) in [5.41, 5.74) is 1.68. The molecule has 2 heterocycles. The van der Waals surface area contributed by atoms with E-state index in [-0.39, 0.29) is 5.91 Å². The number of amides is 1. The molecule has 3 aromatic rings. The summed E-state index contributed by atoms with van der Waals surface area (Å²) in [5.74, 6) is 1.04. The van der Waals surface area contributed by atoms with Gasteiger partial charge in [-0.05, 0) is 36.8 Å². The second kappa shape index (κ2) is 7.41. The molecule has 1 saturated heterocycles. The van der Waals surface area contributed by atoms with Gasteiger partial charge >= 0.3 is 0 Å². The highest BCUT2D eigenvalue weighted by molar-refractivity contribution is 9.10. The summed E-state index contributed by atoms with van der Waals surface area (Å²) in [5, 5.41) is 1.03. The summed E-state index contributed by atoms with van der Waals surface area (Å²) in [7, 11) is 0. The van der Waals surface area contributed by atoms with Crippen LogP contribution >= 0.6 is 15.9 Å². The maximum Gasteiger partial charge on any atom is 0.253 e. The van der Waals surface area contributed by atoms with E-state index in [9.17, 15) is 4.79 Å². The van der Waals surface area contributed by atoms with Gasteiger partial charge in [0.1, 0.15) is 12.1 Å². The predicted octanol–water partition coefficient (Wildman–Crippen LogP) is 3.74. The highest BCUT2D eigenvalue weighted by Gasteiger charge is 2.22. The van der Waals surface area contributed by atoms with Gasteiger partial charge in [0, 0.05) is 41.6 Å². The van der Waals surface area contributed by atoms with Crippen LogP contribution in [-0.4, -0.2) is 47.0 Å². The van der Waals surface area contributed by atoms with E-state index in [1.54, 1.807) is 6.33 Å². The van der Waals surface area contributed by atoms with Gasteiger partial charge in [-0.1, -0.05) is 34.1 Å². The van der Waals surface area contributed by atoms with Crippen LogP contribution in [0.25, 0.3) is 10.9 Å². The molecule has 2 aromatic carbocycles. The molecule has 132 valence electrons. The van der Waals surface area contributed by atoms with Crippen molar-refractivity contribution in [3.05, 3.63) is 64.9 Å². The van der Waals surface area contributed by atoms with Crippen molar-refractivity contribution in [2.45, 2.75) is 6.42 Å². The van der Waals surface area contributed by atoms with E-state index in [4.69, 9.17) is 0 Å². The lowest BCUT2D eigenvalue weighted by molar-refractivity contribution is 0.0767. The lowest BCUT2D eigenvalue weighted by Gasteiger charge is -2.23. The molecule has 5 nitrogen and oxygen atoms in total. The summed E-state index contributed by atoms with van der Waals surface area (Å²) >= 11 is 3.53. The Morgan fingerprint density at radius 2 is 1.81 bits per heavy atom. The lowest BCUT2D eigenvalue weighted by Crippen LogP contribution is -2.35. The molecule has 26 heavy (non-hydrogen) atoms. The molecule has 4 rings (SSSR count). The third-order valence-electron chi connectivity index (χ3n) is 4.68. The van der Waals surface area contributed by atoms with Gasteiger partial charge in [0.05, 0.1) is 5.52 Å². The summed E-state index contributed by atoms with van der Waals surface area (Å²) in [6.07, 6.45) is 2.53. The molecule has 0 saturated carbocycles. The van der Waals surface area contributed by atoms with Crippen molar-refractivity contribution in [1.82, 2.24) is 14.9 Å². The van der Waals surface area contributed by atoms with Crippen LogP contribution in [0.4, 0.5) is 5.82 Å². The Kier molecular flexibility index (Phi) is 4.84. The van der Waals surface area contributed by atoms with Crippen molar-refractivity contribution in [3.8, 4) is 0 Å². The fourth-order valence-electron chi connectivity index (χ4n) is 3.36. The third kappa shape index (κ3) is 3.42. The number of carbonyl (C=O) groups is 1. The third-order valence-corrected chi connectivity index (χ3v) is 5.17. The number of hydrogen-bond acceptors (Lipinski definition) is 4. The van der Waals surface area contributed by atoms with Crippen molar-refractivity contribution < 1.29 is 4.79 Å². The highest BCUT2D eigenvalue weighted by Crippen LogP contribution is 2.27. The Morgan fingerprint density at radius 3 is 2.65 bits per heavy atom. The lowest BCUT2D eigenvalue weighted by atomic mass is 10.2. The number of halogens is 1. The van der Waals surface area contributed by atoms with E-state index in [1.807, 2.05) is 47.4 Å². The van der Waals surface area contributed by atoms with Crippen LogP contribution in [0.2, 0.25) is 0 Å². The average molecular weight is 411 g/mol. The minimum Gasteiger partial charge on any atom is -0.354 e. The molecule has 0 aliphatic carbocycles. The largest absolute Gasteiger partial charge is 0.354 e. The predicted molar refractivity (Wildman–Crippen MR) is 106 cm³/mol. The van der Waals surface area contributed by atoms with Gasteiger partial charge in [-0.25, -0.2) is 9.97 Å². The molecule has 0 bridgehead atoms. The van der Waals surface area contributed by atoms with Crippen LogP contribution in [0.15, 0.2) is 59.3 Å². The molecular weight excluding hydrogens is 392 g/mol. The van der Waals surface area contributed by atoms with Crippen LogP contribution < -0.4 is 4.90 Å². The van der Waals surface area contributed by atoms with E-state index in [0.717, 1.165) is 52.8 Å². The summed E-state index contributed by atoms with van der Waals surface area (Å²) < 4.78 is 1.01. The van der Waals surface area contributed by atoms with Gasteiger partial charge in [0.15, 0.2) is 0 Å². The first kappa shape index (κ1) is 17.0. The molecule has 0 spiro atoms. The number of aromatic nitrogens is 2. The molecule has 1 aliphatic heterocycles. The van der Waals surface area contributed by atoms with Crippen molar-refractivity contribution in [1.29, 1.82) is 0 Å². The summed E-state index contributed by atoms with van der Waals surface area (Å²) in [4.78, 5) is 25.8. The maximum atomic E-state index is 12.7. The van der Waals surface area contributed by atoms with Crippen molar-refractivity contribution in [2.24, 2.45) is 0 Å². The van der Waals surface area contributed by atoms with Crippen LogP contribution in [-0.2, 0) is 0 Å².